The molecule has 0 saturated carbocycles. The van der Waals surface area contributed by atoms with Crippen LogP contribution in [-0.2, 0) is 4.74 Å². The highest BCUT2D eigenvalue weighted by Crippen LogP contribution is 2.28. The topological polar surface area (TPSA) is 51.2 Å². The lowest BCUT2D eigenvalue weighted by atomic mass is 10.1. The van der Waals surface area contributed by atoms with Crippen molar-refractivity contribution >= 4 is 17.4 Å². The van der Waals surface area contributed by atoms with Crippen molar-refractivity contribution in [2.75, 3.05) is 0 Å². The van der Waals surface area contributed by atoms with Crippen LogP contribution in [0, 0.1) is 6.92 Å². The Morgan fingerprint density at radius 1 is 1.27 bits per heavy atom. The molecule has 118 valence electrons. The maximum atomic E-state index is 11.8. The molecule has 1 atom stereocenters. The van der Waals surface area contributed by atoms with Crippen LogP contribution in [0.1, 0.15) is 45.0 Å². The number of benzene rings is 1. The number of rotatable bonds is 3. The molecule has 1 unspecified atom stereocenters. The maximum absolute atomic E-state index is 11.8. The Kier molecular flexibility index (Phi) is 4.86. The average molecular weight is 318 g/mol. The molecule has 1 aromatic heterocycles. The third kappa shape index (κ3) is 4.31. The summed E-state index contributed by atoms with van der Waals surface area (Å²) in [5, 5.41) is 2.85. The summed E-state index contributed by atoms with van der Waals surface area (Å²) in [6, 6.07) is 8.06. The minimum Gasteiger partial charge on any atom is -0.444 e. The second-order valence-electron chi connectivity index (χ2n) is 6.26. The first-order valence-corrected chi connectivity index (χ1v) is 8.14. The molecule has 2 aromatic rings. The number of nitrogens with zero attached hydrogens (tertiary/aromatic N) is 1. The standard InChI is InChI=1S/C17H22N2O2S/c1-11(19-16(20)21-17(3,4)5)13-6-8-14(9-7-13)15-12(2)18-10-22-15/h6-11H,1-5H3,(H,19,20). The fraction of sp³-hybridized carbons (Fsp3) is 0.412. The third-order valence-corrected chi connectivity index (χ3v) is 4.13. The van der Waals surface area contributed by atoms with Gasteiger partial charge in [-0.25, -0.2) is 9.78 Å². The Bertz CT molecular complexity index is 641. The van der Waals surface area contributed by atoms with E-state index >= 15 is 0 Å². The highest BCUT2D eigenvalue weighted by atomic mass is 32.1. The van der Waals surface area contributed by atoms with Gasteiger partial charge in [0.2, 0.25) is 0 Å². The number of nitrogens with one attached hydrogen (secondary N) is 1. The number of aromatic nitrogens is 1. The zero-order valence-corrected chi connectivity index (χ0v) is 14.5. The molecule has 5 heteroatoms. The molecule has 1 heterocycles. The number of aryl methyl sites for hydroxylation is 1. The Morgan fingerprint density at radius 2 is 1.91 bits per heavy atom. The summed E-state index contributed by atoms with van der Waals surface area (Å²) in [5.74, 6) is 0. The molecule has 0 bridgehead atoms. The van der Waals surface area contributed by atoms with Crippen LogP contribution >= 0.6 is 11.3 Å². The molecule has 1 N–H and O–H groups in total. The summed E-state index contributed by atoms with van der Waals surface area (Å²) >= 11 is 1.63. The average Bonchev–Trinajstić information content (AvgIpc) is 2.83. The lowest BCUT2D eigenvalue weighted by molar-refractivity contribution is 0.0508. The maximum Gasteiger partial charge on any atom is 0.408 e. The van der Waals surface area contributed by atoms with Gasteiger partial charge in [-0.2, -0.15) is 0 Å². The number of amides is 1. The van der Waals surface area contributed by atoms with E-state index in [2.05, 4.69) is 22.4 Å². The number of alkyl carbamates (subject to hydrolysis) is 1. The van der Waals surface area contributed by atoms with Gasteiger partial charge in [0, 0.05) is 0 Å². The minimum atomic E-state index is -0.489. The normalized spacial score (nSPS) is 12.8. The van der Waals surface area contributed by atoms with Crippen LogP contribution in [0.25, 0.3) is 10.4 Å². The number of carbonyl (C=O) groups is 1. The molecule has 0 aliphatic heterocycles. The van der Waals surface area contributed by atoms with Gasteiger partial charge in [0.25, 0.3) is 0 Å². The molecule has 0 spiro atoms. The van der Waals surface area contributed by atoms with Gasteiger partial charge in [0.15, 0.2) is 0 Å². The number of hydrogen-bond donors (Lipinski definition) is 1. The summed E-state index contributed by atoms with van der Waals surface area (Å²) in [6.45, 7) is 9.50. The van der Waals surface area contributed by atoms with Gasteiger partial charge in [-0.05, 0) is 45.7 Å². The van der Waals surface area contributed by atoms with Crippen molar-refractivity contribution in [2.45, 2.75) is 46.3 Å². The Hall–Kier alpha value is -1.88. The van der Waals surface area contributed by atoms with E-state index in [4.69, 9.17) is 4.74 Å². The lowest BCUT2D eigenvalue weighted by Crippen LogP contribution is -2.34. The van der Waals surface area contributed by atoms with Crippen LogP contribution < -0.4 is 5.32 Å². The van der Waals surface area contributed by atoms with E-state index in [9.17, 15) is 4.79 Å². The van der Waals surface area contributed by atoms with Crippen molar-refractivity contribution in [3.8, 4) is 10.4 Å². The summed E-state index contributed by atoms with van der Waals surface area (Å²) in [7, 11) is 0. The summed E-state index contributed by atoms with van der Waals surface area (Å²) in [4.78, 5) is 17.2. The predicted molar refractivity (Wildman–Crippen MR) is 90.1 cm³/mol. The SMILES string of the molecule is Cc1ncsc1-c1ccc(C(C)NC(=O)OC(C)(C)C)cc1. The first kappa shape index (κ1) is 16.5. The van der Waals surface area contributed by atoms with E-state index in [1.165, 1.54) is 4.88 Å². The smallest absolute Gasteiger partial charge is 0.408 e. The Balaban J connectivity index is 2.04. The van der Waals surface area contributed by atoms with Crippen LogP contribution in [-0.4, -0.2) is 16.7 Å². The lowest BCUT2D eigenvalue weighted by Gasteiger charge is -2.22. The van der Waals surface area contributed by atoms with Crippen molar-refractivity contribution in [1.82, 2.24) is 10.3 Å². The van der Waals surface area contributed by atoms with E-state index in [1.807, 2.05) is 52.3 Å². The summed E-state index contributed by atoms with van der Waals surface area (Å²) < 4.78 is 5.27. The van der Waals surface area contributed by atoms with Gasteiger partial charge < -0.3 is 10.1 Å². The van der Waals surface area contributed by atoms with Crippen LogP contribution in [0.3, 0.4) is 0 Å². The van der Waals surface area contributed by atoms with Crippen LogP contribution in [0.4, 0.5) is 4.79 Å². The molecule has 1 amide bonds. The zero-order chi connectivity index (χ0) is 16.3. The van der Waals surface area contributed by atoms with Crippen molar-refractivity contribution < 1.29 is 9.53 Å². The molecular weight excluding hydrogens is 296 g/mol. The molecule has 22 heavy (non-hydrogen) atoms. The fourth-order valence-corrected chi connectivity index (χ4v) is 2.88. The second kappa shape index (κ2) is 6.48. The van der Waals surface area contributed by atoms with E-state index in [1.54, 1.807) is 11.3 Å². The van der Waals surface area contributed by atoms with Gasteiger partial charge in [-0.15, -0.1) is 11.3 Å². The number of ether oxygens (including phenoxy) is 1. The molecule has 0 saturated heterocycles. The van der Waals surface area contributed by atoms with Crippen molar-refractivity contribution in [3.05, 3.63) is 41.0 Å². The predicted octanol–water partition coefficient (Wildman–Crippen LogP) is 4.70. The van der Waals surface area contributed by atoms with Gasteiger partial charge >= 0.3 is 6.09 Å². The second-order valence-corrected chi connectivity index (χ2v) is 7.11. The molecule has 0 aliphatic carbocycles. The van der Waals surface area contributed by atoms with Crippen LogP contribution in [0.15, 0.2) is 29.8 Å². The monoisotopic (exact) mass is 318 g/mol. The molecule has 0 radical (unpaired) electrons. The Morgan fingerprint density at radius 3 is 2.41 bits per heavy atom. The zero-order valence-electron chi connectivity index (χ0n) is 13.6. The minimum absolute atomic E-state index is 0.105. The van der Waals surface area contributed by atoms with Crippen molar-refractivity contribution in [3.63, 3.8) is 0 Å². The van der Waals surface area contributed by atoms with Crippen molar-refractivity contribution in [1.29, 1.82) is 0 Å². The Labute approximate surface area is 135 Å². The first-order valence-electron chi connectivity index (χ1n) is 7.26. The molecule has 4 nitrogen and oxygen atoms in total. The molecular formula is C17H22N2O2S. The van der Waals surface area contributed by atoms with Gasteiger partial charge in [-0.3, -0.25) is 0 Å². The number of carbonyl (C=O) groups excluding carboxylic acids is 1. The van der Waals surface area contributed by atoms with Gasteiger partial charge in [0.05, 0.1) is 22.1 Å². The van der Waals surface area contributed by atoms with E-state index in [0.717, 1.165) is 16.8 Å². The highest BCUT2D eigenvalue weighted by molar-refractivity contribution is 7.13. The summed E-state index contributed by atoms with van der Waals surface area (Å²) in [5.41, 5.74) is 4.59. The van der Waals surface area contributed by atoms with E-state index in [-0.39, 0.29) is 6.04 Å². The van der Waals surface area contributed by atoms with Crippen LogP contribution in [0.5, 0.6) is 0 Å². The molecule has 0 aliphatic rings. The third-order valence-electron chi connectivity index (χ3n) is 3.15. The largest absolute Gasteiger partial charge is 0.444 e. The molecule has 1 aromatic carbocycles. The van der Waals surface area contributed by atoms with Crippen LogP contribution in [0.2, 0.25) is 0 Å². The van der Waals surface area contributed by atoms with Gasteiger partial charge in [0.1, 0.15) is 5.60 Å². The molecule has 0 fully saturated rings. The fourth-order valence-electron chi connectivity index (χ4n) is 2.07. The first-order chi connectivity index (χ1) is 10.3. The van der Waals surface area contributed by atoms with Gasteiger partial charge in [-0.1, -0.05) is 24.3 Å². The number of thiazole rings is 1. The van der Waals surface area contributed by atoms with E-state index < -0.39 is 11.7 Å². The van der Waals surface area contributed by atoms with Crippen molar-refractivity contribution in [2.24, 2.45) is 0 Å². The highest BCUT2D eigenvalue weighted by Gasteiger charge is 2.18. The van der Waals surface area contributed by atoms with E-state index in [0.29, 0.717) is 0 Å². The number of hydrogen-bond acceptors (Lipinski definition) is 4. The molecule has 2 rings (SSSR count). The summed E-state index contributed by atoms with van der Waals surface area (Å²) in [6.07, 6.45) is -0.401. The quantitative estimate of drug-likeness (QED) is 0.892.